The molecule has 0 bridgehead atoms. The molecule has 29 heavy (non-hydrogen) atoms. The van der Waals surface area contributed by atoms with Crippen LogP contribution >= 0.6 is 0 Å². The van der Waals surface area contributed by atoms with E-state index >= 15 is 0 Å². The van der Waals surface area contributed by atoms with Crippen LogP contribution in [0.25, 0.3) is 22.4 Å². The number of nitrogens with one attached hydrogen (secondary N) is 1. The number of rotatable bonds is 6. The molecule has 1 aromatic heterocycles. The van der Waals surface area contributed by atoms with Crippen LogP contribution in [0.1, 0.15) is 0 Å². The fraction of sp³-hybridized carbons (Fsp3) is 0.130. The summed E-state index contributed by atoms with van der Waals surface area (Å²) in [4.78, 5) is 17.5. The number of para-hydroxylation sites is 2. The van der Waals surface area contributed by atoms with E-state index in [0.29, 0.717) is 5.69 Å². The van der Waals surface area contributed by atoms with Gasteiger partial charge in [-0.25, -0.2) is 4.98 Å². The predicted octanol–water partition coefficient (Wildman–Crippen LogP) is 4.36. The number of carbonyl (C=O) groups is 1. The molecule has 146 valence electrons. The van der Waals surface area contributed by atoms with E-state index in [1.54, 1.807) is 14.2 Å². The van der Waals surface area contributed by atoms with Gasteiger partial charge in [0, 0.05) is 11.3 Å². The van der Waals surface area contributed by atoms with Gasteiger partial charge in [-0.2, -0.15) is 0 Å². The van der Waals surface area contributed by atoms with Crippen molar-refractivity contribution in [2.24, 2.45) is 0 Å². The highest BCUT2D eigenvalue weighted by Crippen LogP contribution is 2.26. The second kappa shape index (κ2) is 8.06. The fourth-order valence-corrected chi connectivity index (χ4v) is 3.21. The predicted molar refractivity (Wildman–Crippen MR) is 113 cm³/mol. The molecule has 0 aliphatic heterocycles. The number of carbonyl (C=O) groups excluding carboxylic acids is 1. The fourth-order valence-electron chi connectivity index (χ4n) is 3.21. The van der Waals surface area contributed by atoms with E-state index in [-0.39, 0.29) is 12.5 Å². The van der Waals surface area contributed by atoms with Crippen molar-refractivity contribution in [2.45, 2.75) is 6.54 Å². The molecule has 1 heterocycles. The standard InChI is InChI=1S/C23H21N3O3/c1-28-18-11-7-16(8-12-18)23-25-20-5-3-4-6-21(20)26(23)15-22(27)24-17-9-13-19(29-2)14-10-17/h3-14H,15H2,1-2H3,(H,24,27). The number of methoxy groups -OCH3 is 2. The SMILES string of the molecule is COc1ccc(NC(=O)Cn2c(-c3ccc(OC)cc3)nc3ccccc32)cc1. The molecule has 0 spiro atoms. The molecule has 4 rings (SSSR count). The molecular formula is C23H21N3O3. The monoisotopic (exact) mass is 387 g/mol. The van der Waals surface area contributed by atoms with Crippen molar-refractivity contribution in [1.29, 1.82) is 0 Å². The lowest BCUT2D eigenvalue weighted by Gasteiger charge is -2.11. The number of imidazole rings is 1. The number of aromatic nitrogens is 2. The van der Waals surface area contributed by atoms with Crippen molar-refractivity contribution in [3.8, 4) is 22.9 Å². The van der Waals surface area contributed by atoms with Crippen molar-refractivity contribution in [1.82, 2.24) is 9.55 Å². The maximum absolute atomic E-state index is 12.8. The van der Waals surface area contributed by atoms with Crippen LogP contribution in [0, 0.1) is 0 Å². The largest absolute Gasteiger partial charge is 0.497 e. The molecule has 6 heteroatoms. The van der Waals surface area contributed by atoms with Gasteiger partial charge in [0.05, 0.1) is 25.3 Å². The van der Waals surface area contributed by atoms with Gasteiger partial charge in [0.25, 0.3) is 0 Å². The van der Waals surface area contributed by atoms with E-state index in [9.17, 15) is 4.79 Å². The Morgan fingerprint density at radius 3 is 2.17 bits per heavy atom. The minimum absolute atomic E-state index is 0.131. The van der Waals surface area contributed by atoms with Gasteiger partial charge in [-0.3, -0.25) is 4.79 Å². The molecule has 0 aliphatic carbocycles. The Morgan fingerprint density at radius 1 is 0.897 bits per heavy atom. The van der Waals surface area contributed by atoms with E-state index in [2.05, 4.69) is 5.32 Å². The van der Waals surface area contributed by atoms with Gasteiger partial charge in [0.2, 0.25) is 5.91 Å². The van der Waals surface area contributed by atoms with Crippen molar-refractivity contribution in [3.63, 3.8) is 0 Å². The molecule has 0 saturated carbocycles. The van der Waals surface area contributed by atoms with E-state index in [4.69, 9.17) is 14.5 Å². The van der Waals surface area contributed by atoms with E-state index in [1.807, 2.05) is 77.4 Å². The van der Waals surface area contributed by atoms with Crippen molar-refractivity contribution in [2.75, 3.05) is 19.5 Å². The molecule has 0 unspecified atom stereocenters. The molecule has 6 nitrogen and oxygen atoms in total. The lowest BCUT2D eigenvalue weighted by Crippen LogP contribution is -2.19. The van der Waals surface area contributed by atoms with Crippen LogP contribution in [0.4, 0.5) is 5.69 Å². The second-order valence-electron chi connectivity index (χ2n) is 6.52. The van der Waals surface area contributed by atoms with Crippen LogP contribution in [0.2, 0.25) is 0 Å². The van der Waals surface area contributed by atoms with Crippen molar-refractivity contribution in [3.05, 3.63) is 72.8 Å². The highest BCUT2D eigenvalue weighted by Gasteiger charge is 2.15. The van der Waals surface area contributed by atoms with Crippen molar-refractivity contribution < 1.29 is 14.3 Å². The Morgan fingerprint density at radius 2 is 1.52 bits per heavy atom. The van der Waals surface area contributed by atoms with Crippen LogP contribution < -0.4 is 14.8 Å². The number of hydrogen-bond acceptors (Lipinski definition) is 4. The van der Waals surface area contributed by atoms with E-state index in [0.717, 1.165) is 33.9 Å². The smallest absolute Gasteiger partial charge is 0.244 e. The molecule has 0 saturated heterocycles. The summed E-state index contributed by atoms with van der Waals surface area (Å²) >= 11 is 0. The molecule has 3 aromatic carbocycles. The average molecular weight is 387 g/mol. The van der Waals surface area contributed by atoms with Crippen LogP contribution in [-0.4, -0.2) is 29.7 Å². The summed E-state index contributed by atoms with van der Waals surface area (Å²) in [5.41, 5.74) is 3.38. The lowest BCUT2D eigenvalue weighted by atomic mass is 10.2. The Balaban J connectivity index is 1.65. The molecule has 4 aromatic rings. The number of nitrogens with zero attached hydrogens (tertiary/aromatic N) is 2. The third-order valence-electron chi connectivity index (χ3n) is 4.68. The Labute approximate surface area is 168 Å². The molecule has 1 N–H and O–H groups in total. The van der Waals surface area contributed by atoms with E-state index in [1.165, 1.54) is 0 Å². The minimum atomic E-state index is -0.131. The maximum Gasteiger partial charge on any atom is 0.244 e. The summed E-state index contributed by atoms with van der Waals surface area (Å²) < 4.78 is 12.3. The third-order valence-corrected chi connectivity index (χ3v) is 4.68. The van der Waals surface area contributed by atoms with Gasteiger partial charge in [-0.1, -0.05) is 12.1 Å². The quantitative estimate of drug-likeness (QED) is 0.534. The van der Waals surface area contributed by atoms with Gasteiger partial charge in [-0.05, 0) is 60.7 Å². The summed E-state index contributed by atoms with van der Waals surface area (Å²) in [6.07, 6.45) is 0. The number of benzene rings is 3. The first-order valence-electron chi connectivity index (χ1n) is 9.21. The maximum atomic E-state index is 12.8. The minimum Gasteiger partial charge on any atom is -0.497 e. The van der Waals surface area contributed by atoms with Gasteiger partial charge < -0.3 is 19.4 Å². The van der Waals surface area contributed by atoms with Crippen LogP contribution in [0.15, 0.2) is 72.8 Å². The zero-order chi connectivity index (χ0) is 20.2. The highest BCUT2D eigenvalue weighted by atomic mass is 16.5. The summed E-state index contributed by atoms with van der Waals surface area (Å²) in [5, 5.41) is 2.93. The number of anilines is 1. The lowest BCUT2D eigenvalue weighted by molar-refractivity contribution is -0.116. The van der Waals surface area contributed by atoms with Gasteiger partial charge in [0.1, 0.15) is 23.9 Å². The first kappa shape index (κ1) is 18.6. The molecule has 0 aliphatic rings. The molecule has 0 radical (unpaired) electrons. The topological polar surface area (TPSA) is 65.4 Å². The molecule has 1 amide bonds. The van der Waals surface area contributed by atoms with Gasteiger partial charge in [0.15, 0.2) is 0 Å². The van der Waals surface area contributed by atoms with Gasteiger partial charge >= 0.3 is 0 Å². The number of amides is 1. The second-order valence-corrected chi connectivity index (χ2v) is 6.52. The zero-order valence-corrected chi connectivity index (χ0v) is 16.3. The van der Waals surface area contributed by atoms with Crippen LogP contribution in [-0.2, 0) is 11.3 Å². The average Bonchev–Trinajstić information content (AvgIpc) is 3.12. The Bertz CT molecular complexity index is 1130. The molecule has 0 fully saturated rings. The third kappa shape index (κ3) is 3.91. The van der Waals surface area contributed by atoms with E-state index < -0.39 is 0 Å². The summed E-state index contributed by atoms with van der Waals surface area (Å²) in [7, 11) is 3.24. The Hall–Kier alpha value is -3.80. The Kier molecular flexibility index (Phi) is 5.16. The summed E-state index contributed by atoms with van der Waals surface area (Å²) in [5.74, 6) is 2.12. The first-order chi connectivity index (χ1) is 14.2. The first-order valence-corrected chi connectivity index (χ1v) is 9.21. The zero-order valence-electron chi connectivity index (χ0n) is 16.3. The van der Waals surface area contributed by atoms with Crippen molar-refractivity contribution >= 4 is 22.6 Å². The van der Waals surface area contributed by atoms with Crippen LogP contribution in [0.5, 0.6) is 11.5 Å². The highest BCUT2D eigenvalue weighted by molar-refractivity contribution is 5.92. The molecular weight excluding hydrogens is 366 g/mol. The van der Waals surface area contributed by atoms with Gasteiger partial charge in [-0.15, -0.1) is 0 Å². The number of hydrogen-bond donors (Lipinski definition) is 1. The summed E-state index contributed by atoms with van der Waals surface area (Å²) in [6, 6.07) is 22.7. The number of ether oxygens (including phenoxy) is 2. The molecule has 0 atom stereocenters. The normalized spacial score (nSPS) is 10.7. The summed E-state index contributed by atoms with van der Waals surface area (Å²) in [6.45, 7) is 0.147. The van der Waals surface area contributed by atoms with Crippen LogP contribution in [0.3, 0.4) is 0 Å². The number of fused-ring (bicyclic) bond motifs is 1.